The number of aromatic nitrogens is 1. The van der Waals surface area contributed by atoms with Crippen LogP contribution in [-0.4, -0.2) is 10.9 Å². The number of amides is 1. The van der Waals surface area contributed by atoms with Gasteiger partial charge in [-0.05, 0) is 59.3 Å². The molecule has 0 aliphatic carbocycles. The molecule has 0 saturated heterocycles. The fourth-order valence-corrected chi connectivity index (χ4v) is 2.23. The first-order valence-corrected chi connectivity index (χ1v) is 6.22. The summed E-state index contributed by atoms with van der Waals surface area (Å²) in [5.41, 5.74) is 2.62. The molecule has 0 aliphatic rings. The van der Waals surface area contributed by atoms with Crippen molar-refractivity contribution in [3.05, 3.63) is 57.4 Å². The Bertz CT molecular complexity index is 540. The number of benzene rings is 1. The van der Waals surface area contributed by atoms with Gasteiger partial charge in [-0.25, -0.2) is 0 Å². The Kier molecular flexibility index (Phi) is 3.73. The van der Waals surface area contributed by atoms with Crippen molar-refractivity contribution >= 4 is 34.2 Å². The van der Waals surface area contributed by atoms with Gasteiger partial charge < -0.3 is 5.32 Å². The molecular weight excluding hydrogens is 327 g/mol. The monoisotopic (exact) mass is 338 g/mol. The Balaban J connectivity index is 2.19. The highest BCUT2D eigenvalue weighted by molar-refractivity contribution is 14.1. The van der Waals surface area contributed by atoms with E-state index in [1.54, 1.807) is 24.5 Å². The molecule has 0 unspecified atom stereocenters. The van der Waals surface area contributed by atoms with E-state index in [2.05, 4.69) is 32.9 Å². The maximum Gasteiger partial charge on any atom is 0.255 e. The third-order valence-electron chi connectivity index (χ3n) is 2.32. The Morgan fingerprint density at radius 3 is 2.59 bits per heavy atom. The van der Waals surface area contributed by atoms with Crippen LogP contribution in [-0.2, 0) is 0 Å². The average Bonchev–Trinajstić information content (AvgIpc) is 2.34. The van der Waals surface area contributed by atoms with Gasteiger partial charge in [0, 0.05) is 21.5 Å². The summed E-state index contributed by atoms with van der Waals surface area (Å²) in [5.74, 6) is -0.117. The van der Waals surface area contributed by atoms with Gasteiger partial charge in [0.1, 0.15) is 0 Å². The highest BCUT2D eigenvalue weighted by Crippen LogP contribution is 2.19. The molecule has 1 N–H and O–H groups in total. The van der Waals surface area contributed by atoms with E-state index in [0.29, 0.717) is 5.56 Å². The van der Waals surface area contributed by atoms with E-state index in [0.717, 1.165) is 9.26 Å². The van der Waals surface area contributed by atoms with E-state index in [4.69, 9.17) is 0 Å². The van der Waals surface area contributed by atoms with Gasteiger partial charge in [0.2, 0.25) is 0 Å². The van der Waals surface area contributed by atoms with Gasteiger partial charge in [-0.2, -0.15) is 0 Å². The quantitative estimate of drug-likeness (QED) is 0.854. The SMILES string of the molecule is Cc1ccc(NC(=O)c2ccncc2)c(I)c1. The molecule has 0 saturated carbocycles. The highest BCUT2D eigenvalue weighted by Gasteiger charge is 2.07. The summed E-state index contributed by atoms with van der Waals surface area (Å²) in [4.78, 5) is 15.8. The number of nitrogens with one attached hydrogen (secondary N) is 1. The molecule has 3 nitrogen and oxygen atoms in total. The number of hydrogen-bond donors (Lipinski definition) is 1. The number of aryl methyl sites for hydroxylation is 1. The number of hydrogen-bond acceptors (Lipinski definition) is 2. The van der Waals surface area contributed by atoms with Crippen molar-refractivity contribution in [3.63, 3.8) is 0 Å². The predicted molar refractivity (Wildman–Crippen MR) is 76.1 cm³/mol. The molecule has 2 aromatic rings. The van der Waals surface area contributed by atoms with Gasteiger partial charge in [0.05, 0.1) is 5.69 Å². The van der Waals surface area contributed by atoms with Crippen molar-refractivity contribution < 1.29 is 4.79 Å². The van der Waals surface area contributed by atoms with Crippen molar-refractivity contribution in [1.82, 2.24) is 4.98 Å². The summed E-state index contributed by atoms with van der Waals surface area (Å²) in [7, 11) is 0. The molecule has 17 heavy (non-hydrogen) atoms. The summed E-state index contributed by atoms with van der Waals surface area (Å²) in [6.07, 6.45) is 3.21. The molecular formula is C13H11IN2O. The molecule has 4 heteroatoms. The Morgan fingerprint density at radius 2 is 1.94 bits per heavy atom. The lowest BCUT2D eigenvalue weighted by molar-refractivity contribution is 0.102. The Morgan fingerprint density at radius 1 is 1.24 bits per heavy atom. The summed E-state index contributed by atoms with van der Waals surface area (Å²) in [6.45, 7) is 2.02. The summed E-state index contributed by atoms with van der Waals surface area (Å²) in [6, 6.07) is 9.30. The van der Waals surface area contributed by atoms with Crippen LogP contribution in [0.5, 0.6) is 0 Å². The minimum absolute atomic E-state index is 0.117. The van der Waals surface area contributed by atoms with Crippen LogP contribution in [0.4, 0.5) is 5.69 Å². The van der Waals surface area contributed by atoms with Crippen molar-refractivity contribution in [2.75, 3.05) is 5.32 Å². The minimum Gasteiger partial charge on any atom is -0.321 e. The van der Waals surface area contributed by atoms with Gasteiger partial charge in [0.25, 0.3) is 5.91 Å². The molecule has 0 aliphatic heterocycles. The average molecular weight is 338 g/mol. The zero-order valence-electron chi connectivity index (χ0n) is 9.27. The van der Waals surface area contributed by atoms with Crippen LogP contribution in [0.15, 0.2) is 42.7 Å². The molecule has 86 valence electrons. The zero-order valence-corrected chi connectivity index (χ0v) is 11.4. The maximum atomic E-state index is 11.9. The second-order valence-corrected chi connectivity index (χ2v) is 4.84. The fourth-order valence-electron chi connectivity index (χ4n) is 1.42. The molecule has 1 aromatic heterocycles. The zero-order chi connectivity index (χ0) is 12.3. The first-order chi connectivity index (χ1) is 8.16. The minimum atomic E-state index is -0.117. The van der Waals surface area contributed by atoms with Gasteiger partial charge in [-0.15, -0.1) is 0 Å². The van der Waals surface area contributed by atoms with Crippen LogP contribution in [0.1, 0.15) is 15.9 Å². The number of nitrogens with zero attached hydrogens (tertiary/aromatic N) is 1. The lowest BCUT2D eigenvalue weighted by Gasteiger charge is -2.07. The van der Waals surface area contributed by atoms with Gasteiger partial charge in [0.15, 0.2) is 0 Å². The van der Waals surface area contributed by atoms with Gasteiger partial charge in [-0.1, -0.05) is 6.07 Å². The fraction of sp³-hybridized carbons (Fsp3) is 0.0769. The molecule has 2 rings (SSSR count). The van der Waals surface area contributed by atoms with Crippen LogP contribution in [0.25, 0.3) is 0 Å². The number of rotatable bonds is 2. The van der Waals surface area contributed by atoms with Crippen molar-refractivity contribution in [2.45, 2.75) is 6.92 Å². The lowest BCUT2D eigenvalue weighted by atomic mass is 10.2. The van der Waals surface area contributed by atoms with Crippen LogP contribution >= 0.6 is 22.6 Å². The van der Waals surface area contributed by atoms with Crippen molar-refractivity contribution in [1.29, 1.82) is 0 Å². The highest BCUT2D eigenvalue weighted by atomic mass is 127. The van der Waals surface area contributed by atoms with E-state index in [1.165, 1.54) is 5.56 Å². The number of carbonyl (C=O) groups is 1. The molecule has 0 fully saturated rings. The van der Waals surface area contributed by atoms with Crippen molar-refractivity contribution in [2.24, 2.45) is 0 Å². The van der Waals surface area contributed by atoms with Crippen LogP contribution in [0.3, 0.4) is 0 Å². The first-order valence-electron chi connectivity index (χ1n) is 5.14. The Labute approximate surface area is 113 Å². The first kappa shape index (κ1) is 12.0. The number of pyridine rings is 1. The van der Waals surface area contributed by atoms with E-state index < -0.39 is 0 Å². The largest absolute Gasteiger partial charge is 0.321 e. The molecule has 0 spiro atoms. The maximum absolute atomic E-state index is 11.9. The standard InChI is InChI=1S/C13H11IN2O/c1-9-2-3-12(11(14)8-9)16-13(17)10-4-6-15-7-5-10/h2-8H,1H3,(H,16,17). The van der Waals surface area contributed by atoms with Gasteiger partial charge in [-0.3, -0.25) is 9.78 Å². The topological polar surface area (TPSA) is 42.0 Å². The third kappa shape index (κ3) is 3.03. The number of carbonyl (C=O) groups excluding carboxylic acids is 1. The molecule has 1 aromatic carbocycles. The summed E-state index contributed by atoms with van der Waals surface area (Å²) in [5, 5.41) is 2.88. The van der Waals surface area contributed by atoms with E-state index >= 15 is 0 Å². The molecule has 1 amide bonds. The van der Waals surface area contributed by atoms with E-state index in [-0.39, 0.29) is 5.91 Å². The van der Waals surface area contributed by atoms with Crippen molar-refractivity contribution in [3.8, 4) is 0 Å². The molecule has 0 atom stereocenters. The summed E-state index contributed by atoms with van der Waals surface area (Å²) < 4.78 is 1.03. The van der Waals surface area contributed by atoms with Gasteiger partial charge >= 0.3 is 0 Å². The normalized spacial score (nSPS) is 10.0. The molecule has 0 bridgehead atoms. The van der Waals surface area contributed by atoms with Crippen LogP contribution < -0.4 is 5.32 Å². The molecule has 1 heterocycles. The van der Waals surface area contributed by atoms with Crippen LogP contribution in [0.2, 0.25) is 0 Å². The predicted octanol–water partition coefficient (Wildman–Crippen LogP) is 3.25. The van der Waals surface area contributed by atoms with Crippen LogP contribution in [0, 0.1) is 10.5 Å². The Hall–Kier alpha value is -1.43. The lowest BCUT2D eigenvalue weighted by Crippen LogP contribution is -2.12. The molecule has 0 radical (unpaired) electrons. The second-order valence-electron chi connectivity index (χ2n) is 3.67. The number of anilines is 1. The summed E-state index contributed by atoms with van der Waals surface area (Å²) >= 11 is 2.21. The smallest absolute Gasteiger partial charge is 0.255 e. The van der Waals surface area contributed by atoms with E-state index in [9.17, 15) is 4.79 Å². The van der Waals surface area contributed by atoms with E-state index in [1.807, 2.05) is 25.1 Å². The second kappa shape index (κ2) is 5.27. The third-order valence-corrected chi connectivity index (χ3v) is 3.21. The number of halogens is 1.